The Bertz CT molecular complexity index is 1150. The van der Waals surface area contributed by atoms with E-state index in [-0.39, 0.29) is 11.4 Å². The van der Waals surface area contributed by atoms with Crippen LogP contribution in [-0.2, 0) is 4.74 Å². The van der Waals surface area contributed by atoms with E-state index in [1.807, 2.05) is 20.8 Å². The minimum Gasteiger partial charge on any atom is -0.444 e. The molecule has 0 radical (unpaired) electrons. The van der Waals surface area contributed by atoms with Gasteiger partial charge >= 0.3 is 6.09 Å². The number of carbonyl (C=O) groups is 1. The van der Waals surface area contributed by atoms with Gasteiger partial charge in [0.15, 0.2) is 0 Å². The molecule has 0 N–H and O–H groups in total. The largest absolute Gasteiger partial charge is 0.444 e. The van der Waals surface area contributed by atoms with Gasteiger partial charge in [0.05, 0.1) is 5.39 Å². The van der Waals surface area contributed by atoms with Crippen molar-refractivity contribution in [3.05, 3.63) is 40.0 Å². The van der Waals surface area contributed by atoms with Gasteiger partial charge in [-0.3, -0.25) is 0 Å². The van der Waals surface area contributed by atoms with Gasteiger partial charge < -0.3 is 14.5 Å². The van der Waals surface area contributed by atoms with Crippen molar-refractivity contribution in [1.82, 2.24) is 14.9 Å². The summed E-state index contributed by atoms with van der Waals surface area (Å²) in [6.45, 7) is 12.6. The number of aryl methyl sites for hydroxylation is 2. The van der Waals surface area contributed by atoms with Crippen molar-refractivity contribution < 1.29 is 9.53 Å². The topological polar surface area (TPSA) is 58.6 Å². The van der Waals surface area contributed by atoms with Gasteiger partial charge in [-0.25, -0.2) is 9.78 Å². The smallest absolute Gasteiger partial charge is 0.410 e. The maximum atomic E-state index is 12.6. The van der Waals surface area contributed by atoms with Crippen LogP contribution in [0.3, 0.4) is 0 Å². The summed E-state index contributed by atoms with van der Waals surface area (Å²) in [5.41, 5.74) is 4.28. The molecular weight excluding hydrogens is 444 g/mol. The van der Waals surface area contributed by atoms with E-state index in [0.717, 1.165) is 40.1 Å². The first kappa shape index (κ1) is 22.8. The molecule has 170 valence electrons. The average Bonchev–Trinajstić information content (AvgIpc) is 2.96. The Balaban J connectivity index is 1.67. The van der Waals surface area contributed by atoms with E-state index < -0.39 is 5.60 Å². The van der Waals surface area contributed by atoms with Crippen LogP contribution in [0.2, 0.25) is 5.28 Å². The molecule has 1 saturated heterocycles. The maximum absolute atomic E-state index is 12.6. The van der Waals surface area contributed by atoms with Crippen molar-refractivity contribution in [3.8, 4) is 11.1 Å². The highest BCUT2D eigenvalue weighted by Gasteiger charge is 2.26. The number of halogens is 1. The summed E-state index contributed by atoms with van der Waals surface area (Å²) >= 11 is 7.89. The fraction of sp³-hybridized carbons (Fsp3) is 0.458. The molecule has 4 rings (SSSR count). The van der Waals surface area contributed by atoms with Crippen molar-refractivity contribution in [1.29, 1.82) is 0 Å². The predicted molar refractivity (Wildman–Crippen MR) is 132 cm³/mol. The Morgan fingerprint density at radius 3 is 2.59 bits per heavy atom. The standard InChI is InChI=1S/C24H29ClN4O2S/c1-15-7-8-17(13-16(15)2)18-14-32-21-19(18)20(26-22(25)27-21)28-9-6-10-29(12-11-28)23(30)31-24(3,4)5/h7-8,13-14H,6,9-12H2,1-5H3. The number of hydrogen-bond donors (Lipinski definition) is 0. The van der Waals surface area contributed by atoms with E-state index in [0.29, 0.717) is 19.6 Å². The Hall–Kier alpha value is -2.38. The maximum Gasteiger partial charge on any atom is 0.410 e. The van der Waals surface area contributed by atoms with Gasteiger partial charge in [-0.05, 0) is 69.3 Å². The first-order valence-electron chi connectivity index (χ1n) is 10.9. The molecule has 0 atom stereocenters. The Labute approximate surface area is 198 Å². The third-order valence-electron chi connectivity index (χ3n) is 5.65. The molecular formula is C24H29ClN4O2S. The van der Waals surface area contributed by atoms with Gasteiger partial charge in [0.1, 0.15) is 16.2 Å². The van der Waals surface area contributed by atoms with E-state index in [4.69, 9.17) is 16.3 Å². The molecule has 0 saturated carbocycles. The van der Waals surface area contributed by atoms with Crippen molar-refractivity contribution in [3.63, 3.8) is 0 Å². The van der Waals surface area contributed by atoms with Crippen LogP contribution in [-0.4, -0.2) is 52.7 Å². The van der Waals surface area contributed by atoms with Gasteiger partial charge in [0.2, 0.25) is 5.28 Å². The molecule has 1 aliphatic heterocycles. The molecule has 0 bridgehead atoms. The average molecular weight is 473 g/mol. The van der Waals surface area contributed by atoms with Crippen LogP contribution >= 0.6 is 22.9 Å². The minimum atomic E-state index is -0.507. The number of carbonyl (C=O) groups excluding carboxylic acids is 1. The summed E-state index contributed by atoms with van der Waals surface area (Å²) in [5, 5.41) is 3.40. The van der Waals surface area contributed by atoms with E-state index >= 15 is 0 Å². The zero-order valence-electron chi connectivity index (χ0n) is 19.2. The monoisotopic (exact) mass is 472 g/mol. The highest BCUT2D eigenvalue weighted by atomic mass is 35.5. The van der Waals surface area contributed by atoms with Gasteiger partial charge in [-0.2, -0.15) is 4.98 Å². The number of rotatable bonds is 2. The number of thiophene rings is 1. The van der Waals surface area contributed by atoms with Crippen LogP contribution in [0.1, 0.15) is 38.3 Å². The highest BCUT2D eigenvalue weighted by Crippen LogP contribution is 2.39. The molecule has 0 unspecified atom stereocenters. The van der Waals surface area contributed by atoms with E-state index in [9.17, 15) is 4.79 Å². The predicted octanol–water partition coefficient (Wildman–Crippen LogP) is 6.08. The van der Waals surface area contributed by atoms with Crippen molar-refractivity contribution in [2.24, 2.45) is 0 Å². The summed E-state index contributed by atoms with van der Waals surface area (Å²) in [6, 6.07) is 6.51. The van der Waals surface area contributed by atoms with Crippen LogP contribution in [0.5, 0.6) is 0 Å². The fourth-order valence-electron chi connectivity index (χ4n) is 3.89. The third kappa shape index (κ3) is 4.84. The summed E-state index contributed by atoms with van der Waals surface area (Å²) in [6.07, 6.45) is 0.558. The first-order valence-corrected chi connectivity index (χ1v) is 12.1. The molecule has 0 aliphatic carbocycles. The Kier molecular flexibility index (Phi) is 6.32. The molecule has 32 heavy (non-hydrogen) atoms. The third-order valence-corrected chi connectivity index (χ3v) is 6.69. The number of ether oxygens (including phenoxy) is 1. The van der Waals surface area contributed by atoms with Crippen molar-refractivity contribution >= 4 is 45.1 Å². The quantitative estimate of drug-likeness (QED) is 0.423. The zero-order valence-corrected chi connectivity index (χ0v) is 20.8. The number of aromatic nitrogens is 2. The lowest BCUT2D eigenvalue weighted by molar-refractivity contribution is 0.0263. The van der Waals surface area contributed by atoms with Gasteiger partial charge in [-0.15, -0.1) is 11.3 Å². The fourth-order valence-corrected chi connectivity index (χ4v) is 5.04. The van der Waals surface area contributed by atoms with Gasteiger partial charge in [-0.1, -0.05) is 18.2 Å². The van der Waals surface area contributed by atoms with Crippen LogP contribution < -0.4 is 4.90 Å². The second kappa shape index (κ2) is 8.87. The lowest BCUT2D eigenvalue weighted by atomic mass is 10.0. The van der Waals surface area contributed by atoms with Gasteiger partial charge in [0, 0.05) is 37.1 Å². The molecule has 1 amide bonds. The van der Waals surface area contributed by atoms with Crippen LogP contribution in [0.4, 0.5) is 10.6 Å². The molecule has 0 spiro atoms. The molecule has 1 aromatic carbocycles. The van der Waals surface area contributed by atoms with Crippen molar-refractivity contribution in [2.45, 2.75) is 46.6 Å². The van der Waals surface area contributed by atoms with Crippen LogP contribution in [0.15, 0.2) is 23.6 Å². The summed E-state index contributed by atoms with van der Waals surface area (Å²) in [5.74, 6) is 0.834. The second-order valence-corrected chi connectivity index (χ2v) is 10.4. The number of nitrogens with zero attached hydrogens (tertiary/aromatic N) is 4. The summed E-state index contributed by atoms with van der Waals surface area (Å²) < 4.78 is 5.57. The lowest BCUT2D eigenvalue weighted by Gasteiger charge is -2.27. The number of amides is 1. The van der Waals surface area contributed by atoms with Crippen molar-refractivity contribution in [2.75, 3.05) is 31.1 Å². The van der Waals surface area contributed by atoms with E-state index in [2.05, 4.69) is 52.3 Å². The van der Waals surface area contributed by atoms with E-state index in [1.54, 1.807) is 16.2 Å². The molecule has 6 nitrogen and oxygen atoms in total. The number of anilines is 1. The lowest BCUT2D eigenvalue weighted by Crippen LogP contribution is -2.39. The van der Waals surface area contributed by atoms with Crippen LogP contribution in [0, 0.1) is 13.8 Å². The number of fused-ring (bicyclic) bond motifs is 1. The Morgan fingerprint density at radius 1 is 1.09 bits per heavy atom. The zero-order chi connectivity index (χ0) is 23.0. The first-order chi connectivity index (χ1) is 15.1. The molecule has 1 fully saturated rings. The molecule has 1 aliphatic rings. The highest BCUT2D eigenvalue weighted by molar-refractivity contribution is 7.17. The minimum absolute atomic E-state index is 0.245. The molecule has 3 heterocycles. The summed E-state index contributed by atoms with van der Waals surface area (Å²) in [4.78, 5) is 26.6. The molecule has 2 aromatic heterocycles. The van der Waals surface area contributed by atoms with Gasteiger partial charge in [0.25, 0.3) is 0 Å². The second-order valence-electron chi connectivity index (χ2n) is 9.25. The SMILES string of the molecule is Cc1ccc(-c2csc3nc(Cl)nc(N4CCCN(C(=O)OC(C)(C)C)CC4)c23)cc1C. The molecule has 8 heteroatoms. The number of hydrogen-bond acceptors (Lipinski definition) is 6. The molecule has 3 aromatic rings. The summed E-state index contributed by atoms with van der Waals surface area (Å²) in [7, 11) is 0. The number of benzene rings is 1. The van der Waals surface area contributed by atoms with E-state index in [1.165, 1.54) is 11.1 Å². The Morgan fingerprint density at radius 2 is 1.88 bits per heavy atom. The normalized spacial score (nSPS) is 15.2. The van der Waals surface area contributed by atoms with Crippen LogP contribution in [0.25, 0.3) is 21.3 Å².